The molecule has 0 unspecified atom stereocenters. The van der Waals surface area contributed by atoms with Crippen molar-refractivity contribution in [3.8, 4) is 0 Å². The summed E-state index contributed by atoms with van der Waals surface area (Å²) in [5.41, 5.74) is 2.97. The highest BCUT2D eigenvalue weighted by molar-refractivity contribution is 6.58. The molecule has 0 radical (unpaired) electrons. The van der Waals surface area contributed by atoms with E-state index in [2.05, 4.69) is 19.1 Å². The van der Waals surface area contributed by atoms with Gasteiger partial charge in [-0.05, 0) is 49.0 Å². The molecule has 0 bridgehead atoms. The van der Waals surface area contributed by atoms with Gasteiger partial charge in [0, 0.05) is 19.9 Å². The molecular formula is C22H32ClFSi. The lowest BCUT2D eigenvalue weighted by molar-refractivity contribution is 0.216. The van der Waals surface area contributed by atoms with E-state index in [1.54, 1.807) is 18.1 Å². The molecule has 0 aromatic heterocycles. The fraction of sp³-hybridized carbons (Fsp3) is 0.636. The molecule has 0 nitrogen and oxygen atoms in total. The SMILES string of the molecule is CCC[Si@H]1CC[C@H]([C@H]2CC[C@H](c3ccc(C(F)=CCl)cc3)CC2)CC1. The molecular weight excluding hydrogens is 347 g/mol. The Labute approximate surface area is 159 Å². The van der Waals surface area contributed by atoms with Gasteiger partial charge in [-0.3, -0.25) is 0 Å². The Hall–Kier alpha value is -0.603. The Morgan fingerprint density at radius 3 is 2.20 bits per heavy atom. The summed E-state index contributed by atoms with van der Waals surface area (Å²) in [5, 5.41) is 0. The lowest BCUT2D eigenvalue weighted by Crippen LogP contribution is -2.28. The zero-order valence-electron chi connectivity index (χ0n) is 15.5. The molecule has 1 heterocycles. The number of benzene rings is 1. The van der Waals surface area contributed by atoms with Crippen LogP contribution in [0.15, 0.2) is 29.8 Å². The number of hydrogen-bond acceptors (Lipinski definition) is 0. The van der Waals surface area contributed by atoms with Crippen LogP contribution >= 0.6 is 11.6 Å². The van der Waals surface area contributed by atoms with Crippen LogP contribution in [0.1, 0.15) is 68.9 Å². The third kappa shape index (κ3) is 4.98. The van der Waals surface area contributed by atoms with Crippen molar-refractivity contribution in [2.24, 2.45) is 11.8 Å². The van der Waals surface area contributed by atoms with E-state index in [0.717, 1.165) is 17.4 Å². The number of halogens is 2. The maximum absolute atomic E-state index is 13.5. The molecule has 0 spiro atoms. The van der Waals surface area contributed by atoms with E-state index < -0.39 is 0 Å². The molecule has 1 saturated heterocycles. The van der Waals surface area contributed by atoms with Crippen molar-refractivity contribution in [2.45, 2.75) is 75.9 Å². The van der Waals surface area contributed by atoms with Crippen LogP contribution in [-0.4, -0.2) is 8.80 Å². The third-order valence-electron chi connectivity index (χ3n) is 6.78. The van der Waals surface area contributed by atoms with Crippen LogP contribution in [0.4, 0.5) is 4.39 Å². The fourth-order valence-corrected chi connectivity index (χ4v) is 8.87. The minimum absolute atomic E-state index is 0.341. The molecule has 1 aromatic carbocycles. The summed E-state index contributed by atoms with van der Waals surface area (Å²) >= 11 is 5.46. The Morgan fingerprint density at radius 1 is 1.04 bits per heavy atom. The van der Waals surface area contributed by atoms with Crippen LogP contribution in [-0.2, 0) is 0 Å². The smallest absolute Gasteiger partial charge is 0.141 e. The molecule has 1 aliphatic carbocycles. The van der Waals surface area contributed by atoms with Crippen molar-refractivity contribution >= 4 is 26.2 Å². The average molecular weight is 379 g/mol. The molecule has 3 rings (SSSR count). The second kappa shape index (κ2) is 9.37. The standard InChI is InChI=1S/C22H32ClFSi/c1-2-13-25-14-11-20(12-15-25)19-5-3-17(4-6-19)18-7-9-21(10-8-18)22(24)16-23/h7-10,16-17,19-20,25H,2-6,11-15H2,1H3/t17-,19-,20-,25-. The second-order valence-electron chi connectivity index (χ2n) is 8.26. The highest BCUT2D eigenvalue weighted by atomic mass is 35.5. The topological polar surface area (TPSA) is 0 Å². The van der Waals surface area contributed by atoms with E-state index in [4.69, 9.17) is 11.6 Å². The molecule has 138 valence electrons. The first-order valence-corrected chi connectivity index (χ1v) is 13.2. The summed E-state index contributed by atoms with van der Waals surface area (Å²) in [7, 11) is -0.341. The summed E-state index contributed by atoms with van der Waals surface area (Å²) in [6.45, 7) is 2.35. The van der Waals surface area contributed by atoms with Crippen LogP contribution < -0.4 is 0 Å². The molecule has 2 fully saturated rings. The minimum Gasteiger partial charge on any atom is -0.205 e. The molecule has 1 aliphatic heterocycles. The van der Waals surface area contributed by atoms with E-state index in [1.165, 1.54) is 50.5 Å². The van der Waals surface area contributed by atoms with E-state index in [1.807, 2.05) is 12.1 Å². The lowest BCUT2D eigenvalue weighted by atomic mass is 9.72. The summed E-state index contributed by atoms with van der Waals surface area (Å²) in [6, 6.07) is 12.7. The van der Waals surface area contributed by atoms with Gasteiger partial charge in [-0.15, -0.1) is 0 Å². The van der Waals surface area contributed by atoms with Gasteiger partial charge in [0.15, 0.2) is 0 Å². The van der Waals surface area contributed by atoms with E-state index >= 15 is 0 Å². The van der Waals surface area contributed by atoms with E-state index in [9.17, 15) is 4.39 Å². The number of hydrogen-bond donors (Lipinski definition) is 0. The Morgan fingerprint density at radius 2 is 1.64 bits per heavy atom. The van der Waals surface area contributed by atoms with Crippen LogP contribution in [0.3, 0.4) is 0 Å². The van der Waals surface area contributed by atoms with Crippen molar-refractivity contribution in [1.82, 2.24) is 0 Å². The van der Waals surface area contributed by atoms with Crippen LogP contribution in [0.25, 0.3) is 5.83 Å². The van der Waals surface area contributed by atoms with Gasteiger partial charge in [0.1, 0.15) is 5.83 Å². The van der Waals surface area contributed by atoms with Crippen molar-refractivity contribution in [3.05, 3.63) is 40.9 Å². The van der Waals surface area contributed by atoms with Gasteiger partial charge in [0.05, 0.1) is 0 Å². The van der Waals surface area contributed by atoms with Gasteiger partial charge in [0.25, 0.3) is 0 Å². The van der Waals surface area contributed by atoms with Crippen molar-refractivity contribution < 1.29 is 4.39 Å². The van der Waals surface area contributed by atoms with Gasteiger partial charge in [-0.25, -0.2) is 4.39 Å². The van der Waals surface area contributed by atoms with E-state index in [0.29, 0.717) is 11.5 Å². The molecule has 25 heavy (non-hydrogen) atoms. The van der Waals surface area contributed by atoms with Gasteiger partial charge >= 0.3 is 0 Å². The molecule has 1 aromatic rings. The van der Waals surface area contributed by atoms with Crippen LogP contribution in [0, 0.1) is 11.8 Å². The molecule has 3 heteroatoms. The molecule has 0 amide bonds. The Kier molecular flexibility index (Phi) is 7.18. The third-order valence-corrected chi connectivity index (χ3v) is 10.7. The molecule has 2 aliphatic rings. The summed E-state index contributed by atoms with van der Waals surface area (Å²) in [5.74, 6) is 2.31. The monoisotopic (exact) mass is 378 g/mol. The molecule has 1 saturated carbocycles. The van der Waals surface area contributed by atoms with Gasteiger partial charge in [-0.1, -0.05) is 80.2 Å². The summed E-state index contributed by atoms with van der Waals surface area (Å²) < 4.78 is 13.5. The quantitative estimate of drug-likeness (QED) is 0.465. The van der Waals surface area contributed by atoms with Crippen molar-refractivity contribution in [3.63, 3.8) is 0 Å². The van der Waals surface area contributed by atoms with Gasteiger partial charge < -0.3 is 0 Å². The van der Waals surface area contributed by atoms with E-state index in [-0.39, 0.29) is 14.6 Å². The first-order valence-electron chi connectivity index (χ1n) is 10.3. The predicted molar refractivity (Wildman–Crippen MR) is 111 cm³/mol. The normalized spacial score (nSPS) is 31.1. The second-order valence-corrected chi connectivity index (χ2v) is 11.9. The van der Waals surface area contributed by atoms with Crippen molar-refractivity contribution in [1.29, 1.82) is 0 Å². The highest BCUT2D eigenvalue weighted by Crippen LogP contribution is 2.43. The summed E-state index contributed by atoms with van der Waals surface area (Å²) in [4.78, 5) is 0. The zero-order chi connectivity index (χ0) is 17.6. The van der Waals surface area contributed by atoms with Crippen LogP contribution in [0.5, 0.6) is 0 Å². The minimum atomic E-state index is -0.348. The fourth-order valence-electron chi connectivity index (χ4n) is 5.26. The van der Waals surface area contributed by atoms with Crippen LogP contribution in [0.2, 0.25) is 18.1 Å². The molecule has 0 atom stereocenters. The van der Waals surface area contributed by atoms with Gasteiger partial charge in [-0.2, -0.15) is 0 Å². The maximum Gasteiger partial charge on any atom is 0.141 e. The highest BCUT2D eigenvalue weighted by Gasteiger charge is 2.31. The first-order chi connectivity index (χ1) is 12.2. The predicted octanol–water partition coefficient (Wildman–Crippen LogP) is 7.51. The largest absolute Gasteiger partial charge is 0.205 e. The average Bonchev–Trinajstić information content (AvgIpc) is 2.68. The Balaban J connectivity index is 1.49. The lowest BCUT2D eigenvalue weighted by Gasteiger charge is -2.37. The molecule has 0 N–H and O–H groups in total. The van der Waals surface area contributed by atoms with Gasteiger partial charge in [0.2, 0.25) is 0 Å². The Bertz CT molecular complexity index is 552. The number of rotatable bonds is 5. The van der Waals surface area contributed by atoms with Crippen molar-refractivity contribution in [2.75, 3.05) is 0 Å². The zero-order valence-corrected chi connectivity index (χ0v) is 17.4. The maximum atomic E-state index is 13.5. The first kappa shape index (κ1) is 19.2. The summed E-state index contributed by atoms with van der Waals surface area (Å²) in [6.07, 6.45) is 9.89.